The maximum atomic E-state index is 12.6. The summed E-state index contributed by atoms with van der Waals surface area (Å²) in [5.41, 5.74) is 0.980. The molecule has 0 saturated heterocycles. The topological polar surface area (TPSA) is 64.4 Å². The molecule has 2 heterocycles. The lowest BCUT2D eigenvalue weighted by molar-refractivity contribution is 0.0797. The van der Waals surface area contributed by atoms with Gasteiger partial charge in [0, 0.05) is 31.8 Å². The van der Waals surface area contributed by atoms with E-state index in [1.54, 1.807) is 10.5 Å². The van der Waals surface area contributed by atoms with Gasteiger partial charge in [-0.05, 0) is 37.7 Å². The number of rotatable bonds is 6. The fourth-order valence-electron chi connectivity index (χ4n) is 3.06. The summed E-state index contributed by atoms with van der Waals surface area (Å²) in [4.78, 5) is 0. The Labute approximate surface area is 131 Å². The Morgan fingerprint density at radius 2 is 1.91 bits per heavy atom. The van der Waals surface area contributed by atoms with E-state index in [0.29, 0.717) is 19.7 Å². The van der Waals surface area contributed by atoms with E-state index in [1.165, 1.54) is 12.8 Å². The highest BCUT2D eigenvalue weighted by Crippen LogP contribution is 2.33. The lowest BCUT2D eigenvalue weighted by atomic mass is 10.1. The summed E-state index contributed by atoms with van der Waals surface area (Å²) < 4.78 is 34.7. The van der Waals surface area contributed by atoms with Gasteiger partial charge in [-0.25, -0.2) is 8.42 Å². The first-order chi connectivity index (χ1) is 10.6. The molecular weight excluding hydrogens is 302 g/mol. The average molecular weight is 325 g/mol. The molecule has 1 aromatic heterocycles. The molecule has 4 rings (SSSR count). The number of fused-ring (bicyclic) bond motifs is 1. The molecule has 3 aliphatic rings. The highest BCUT2D eigenvalue weighted by atomic mass is 32.2. The first kappa shape index (κ1) is 14.7. The second-order valence-electron chi connectivity index (χ2n) is 6.89. The van der Waals surface area contributed by atoms with Crippen molar-refractivity contribution in [2.24, 2.45) is 11.8 Å². The first-order valence-electron chi connectivity index (χ1n) is 8.20. The fraction of sp³-hybridized carbons (Fsp3) is 0.800. The maximum Gasteiger partial charge on any atom is 0.217 e. The van der Waals surface area contributed by atoms with Crippen LogP contribution in [0.25, 0.3) is 0 Å². The van der Waals surface area contributed by atoms with Gasteiger partial charge in [-0.2, -0.15) is 9.40 Å². The van der Waals surface area contributed by atoms with E-state index in [0.717, 1.165) is 37.6 Å². The molecule has 0 spiro atoms. The van der Waals surface area contributed by atoms with Crippen LogP contribution >= 0.6 is 0 Å². The van der Waals surface area contributed by atoms with Crippen molar-refractivity contribution < 1.29 is 13.2 Å². The number of hydrogen-bond acceptors (Lipinski definition) is 4. The summed E-state index contributed by atoms with van der Waals surface area (Å²) in [5, 5.41) is 4.18. The normalized spacial score (nSPS) is 26.6. The lowest BCUT2D eigenvalue weighted by Crippen LogP contribution is -2.37. The highest BCUT2D eigenvalue weighted by Gasteiger charge is 2.41. The largest absolute Gasteiger partial charge is 0.381 e. The summed E-state index contributed by atoms with van der Waals surface area (Å²) in [5.74, 6) is 0.908. The molecule has 122 valence electrons. The molecule has 0 N–H and O–H groups in total. The summed E-state index contributed by atoms with van der Waals surface area (Å²) in [6.07, 6.45) is 5.92. The van der Waals surface area contributed by atoms with Gasteiger partial charge in [0.15, 0.2) is 0 Å². The summed E-state index contributed by atoms with van der Waals surface area (Å²) >= 11 is 0. The number of ether oxygens (including phenoxy) is 1. The van der Waals surface area contributed by atoms with Gasteiger partial charge in [0.25, 0.3) is 0 Å². The van der Waals surface area contributed by atoms with E-state index in [9.17, 15) is 8.42 Å². The Morgan fingerprint density at radius 1 is 1.14 bits per heavy atom. The van der Waals surface area contributed by atoms with Crippen LogP contribution in [0.2, 0.25) is 0 Å². The van der Waals surface area contributed by atoms with Crippen molar-refractivity contribution in [3.8, 4) is 0 Å². The number of hydrogen-bond donors (Lipinski definition) is 0. The second-order valence-corrected chi connectivity index (χ2v) is 9.10. The van der Waals surface area contributed by atoms with Crippen LogP contribution in [0.5, 0.6) is 0 Å². The molecule has 0 aromatic carbocycles. The van der Waals surface area contributed by atoms with Crippen LogP contribution in [-0.4, -0.2) is 47.5 Å². The maximum absolute atomic E-state index is 12.6. The lowest BCUT2D eigenvalue weighted by Gasteiger charge is -2.23. The highest BCUT2D eigenvalue weighted by molar-refractivity contribution is 7.90. The standard InChI is InChI=1S/C15H23N3O3S/c19-22(20,15-3-4-15)17-7-13(11-21-10-12-1-2-12)8-18-14(9-17)5-6-16-18/h5-6,12-13,15H,1-4,7-11H2/t13-/m0/s1. The third kappa shape index (κ3) is 3.07. The van der Waals surface area contributed by atoms with Gasteiger partial charge in [-0.3, -0.25) is 4.68 Å². The van der Waals surface area contributed by atoms with Crippen molar-refractivity contribution in [1.82, 2.24) is 14.1 Å². The molecule has 7 heteroatoms. The van der Waals surface area contributed by atoms with Crippen LogP contribution in [0.1, 0.15) is 31.4 Å². The number of aromatic nitrogens is 2. The molecule has 2 aliphatic carbocycles. The first-order valence-corrected chi connectivity index (χ1v) is 9.70. The van der Waals surface area contributed by atoms with Crippen molar-refractivity contribution in [2.75, 3.05) is 19.8 Å². The molecule has 0 amide bonds. The van der Waals surface area contributed by atoms with E-state index in [-0.39, 0.29) is 11.2 Å². The van der Waals surface area contributed by atoms with Gasteiger partial charge in [-0.15, -0.1) is 0 Å². The summed E-state index contributed by atoms with van der Waals surface area (Å²) in [7, 11) is -3.16. The zero-order valence-electron chi connectivity index (χ0n) is 12.7. The van der Waals surface area contributed by atoms with Crippen molar-refractivity contribution in [3.05, 3.63) is 18.0 Å². The van der Waals surface area contributed by atoms with Gasteiger partial charge < -0.3 is 4.74 Å². The van der Waals surface area contributed by atoms with Gasteiger partial charge in [0.1, 0.15) is 0 Å². The summed E-state index contributed by atoms with van der Waals surface area (Å²) in [6, 6.07) is 1.92. The minimum atomic E-state index is -3.16. The van der Waals surface area contributed by atoms with E-state index < -0.39 is 10.0 Å². The van der Waals surface area contributed by atoms with Crippen LogP contribution in [-0.2, 0) is 27.8 Å². The zero-order chi connectivity index (χ0) is 15.2. The smallest absolute Gasteiger partial charge is 0.217 e. The van der Waals surface area contributed by atoms with Crippen molar-refractivity contribution in [1.29, 1.82) is 0 Å². The minimum absolute atomic E-state index is 0.157. The quantitative estimate of drug-likeness (QED) is 0.789. The molecule has 6 nitrogen and oxygen atoms in total. The van der Waals surface area contributed by atoms with E-state index in [4.69, 9.17) is 4.74 Å². The SMILES string of the molecule is O=S(=O)(C1CC1)N1Cc2ccnn2C[C@@H](COCC2CC2)C1. The minimum Gasteiger partial charge on any atom is -0.381 e. The molecule has 0 unspecified atom stereocenters. The van der Waals surface area contributed by atoms with Crippen LogP contribution in [0.3, 0.4) is 0 Å². The van der Waals surface area contributed by atoms with Crippen molar-refractivity contribution in [3.63, 3.8) is 0 Å². The molecule has 2 saturated carbocycles. The predicted octanol–water partition coefficient (Wildman–Crippen LogP) is 1.23. The number of sulfonamides is 1. The van der Waals surface area contributed by atoms with Crippen molar-refractivity contribution in [2.45, 2.75) is 44.0 Å². The Kier molecular flexibility index (Phi) is 3.74. The Morgan fingerprint density at radius 3 is 2.64 bits per heavy atom. The Hall–Kier alpha value is -0.920. The zero-order valence-corrected chi connectivity index (χ0v) is 13.5. The van der Waals surface area contributed by atoms with Crippen LogP contribution in [0, 0.1) is 11.8 Å². The third-order valence-electron chi connectivity index (χ3n) is 4.75. The Bertz CT molecular complexity index is 634. The molecule has 1 aromatic rings. The van der Waals surface area contributed by atoms with Crippen LogP contribution < -0.4 is 0 Å². The van der Waals surface area contributed by atoms with Gasteiger partial charge >= 0.3 is 0 Å². The molecule has 22 heavy (non-hydrogen) atoms. The molecule has 1 atom stereocenters. The molecule has 0 radical (unpaired) electrons. The number of nitrogens with zero attached hydrogens (tertiary/aromatic N) is 3. The summed E-state index contributed by atoms with van der Waals surface area (Å²) in [6.45, 7) is 3.17. The molecule has 2 fully saturated rings. The van der Waals surface area contributed by atoms with Gasteiger partial charge in [0.05, 0.1) is 24.1 Å². The van der Waals surface area contributed by atoms with Crippen LogP contribution in [0.4, 0.5) is 0 Å². The molecule has 0 bridgehead atoms. The van der Waals surface area contributed by atoms with E-state index in [1.807, 2.05) is 10.7 Å². The van der Waals surface area contributed by atoms with Crippen LogP contribution in [0.15, 0.2) is 12.3 Å². The Balaban J connectivity index is 1.49. The average Bonchev–Trinajstić information content (AvgIpc) is 3.36. The van der Waals surface area contributed by atoms with E-state index >= 15 is 0 Å². The van der Waals surface area contributed by atoms with Crippen molar-refractivity contribution >= 4 is 10.0 Å². The molecule has 1 aliphatic heterocycles. The van der Waals surface area contributed by atoms with Gasteiger partial charge in [0.2, 0.25) is 10.0 Å². The van der Waals surface area contributed by atoms with E-state index in [2.05, 4.69) is 5.10 Å². The molecular formula is C15H23N3O3S. The monoisotopic (exact) mass is 325 g/mol. The third-order valence-corrected chi connectivity index (χ3v) is 7.06. The second kappa shape index (κ2) is 5.62. The fourth-order valence-corrected chi connectivity index (χ4v) is 4.94. The van der Waals surface area contributed by atoms with Gasteiger partial charge in [-0.1, -0.05) is 0 Å². The predicted molar refractivity (Wildman–Crippen MR) is 81.6 cm³/mol.